The molecular weight excluding hydrogens is 390 g/mol. The van der Waals surface area contributed by atoms with Gasteiger partial charge in [-0.3, -0.25) is 14.9 Å². The van der Waals surface area contributed by atoms with Crippen LogP contribution in [0.3, 0.4) is 0 Å². The van der Waals surface area contributed by atoms with Crippen molar-refractivity contribution >= 4 is 17.7 Å². The summed E-state index contributed by atoms with van der Waals surface area (Å²) in [4.78, 5) is 39.1. The average molecular weight is 436 g/mol. The van der Waals surface area contributed by atoms with Gasteiger partial charge in [-0.25, -0.2) is 4.79 Å². The maximum atomic E-state index is 12.9. The summed E-state index contributed by atoms with van der Waals surface area (Å²) in [6.45, 7) is 13.0. The predicted octanol–water partition coefficient (Wildman–Crippen LogP) is 4.95. The molecule has 0 aromatic carbocycles. The number of Topliss-reactive ketones (excluding diaryl/α,β-unsaturated/α-hetero) is 1. The number of urea groups is 1. The summed E-state index contributed by atoms with van der Waals surface area (Å²) in [7, 11) is 0. The second-order valence-electron chi connectivity index (χ2n) is 11.2. The molecule has 178 valence electrons. The molecule has 2 heterocycles. The van der Waals surface area contributed by atoms with Crippen molar-refractivity contribution in [2.45, 2.75) is 129 Å². The van der Waals surface area contributed by atoms with Gasteiger partial charge in [-0.2, -0.15) is 0 Å². The smallest absolute Gasteiger partial charge is 0.310 e. The number of hydrogen-bond acceptors (Lipinski definition) is 4. The minimum atomic E-state index is -0.747. The van der Waals surface area contributed by atoms with Gasteiger partial charge >= 0.3 is 6.03 Å². The van der Waals surface area contributed by atoms with Crippen molar-refractivity contribution in [1.29, 1.82) is 0 Å². The van der Waals surface area contributed by atoms with Gasteiger partial charge in [0.1, 0.15) is 11.3 Å². The summed E-state index contributed by atoms with van der Waals surface area (Å²) < 4.78 is 0. The Morgan fingerprint density at radius 1 is 0.935 bits per heavy atom. The van der Waals surface area contributed by atoms with Gasteiger partial charge < -0.3 is 10.2 Å². The highest BCUT2D eigenvalue weighted by molar-refractivity contribution is 6.07. The first-order valence-electron chi connectivity index (χ1n) is 12.4. The molecule has 0 saturated carbocycles. The molecule has 0 radical (unpaired) electrons. The number of carbonyl (C=O) groups excluding carboxylic acids is 3. The maximum absolute atomic E-state index is 12.9. The molecule has 1 spiro atoms. The first-order valence-corrected chi connectivity index (χ1v) is 12.4. The number of hydrogen-bond donors (Lipinski definition) is 2. The molecule has 2 aliphatic heterocycles. The standard InChI is InChI=1S/C25H45N3O3/c1-7-8-14-20(19(2)29)15-12-10-9-11-13-16-28-22(31)26-21(30)25(28)17-23(3,4)27-24(5,6)18-25/h20,27H,7-18H2,1-6H3,(H,26,30,31). The van der Waals surface area contributed by atoms with E-state index in [0.29, 0.717) is 25.2 Å². The van der Waals surface area contributed by atoms with Crippen LogP contribution in [-0.4, -0.2) is 45.8 Å². The zero-order valence-corrected chi connectivity index (χ0v) is 20.7. The highest BCUT2D eigenvalue weighted by atomic mass is 16.2. The fourth-order valence-electron chi connectivity index (χ4n) is 5.99. The Kier molecular flexibility index (Phi) is 8.71. The summed E-state index contributed by atoms with van der Waals surface area (Å²) in [5, 5.41) is 6.21. The Bertz CT molecular complexity index is 640. The molecule has 2 N–H and O–H groups in total. The topological polar surface area (TPSA) is 78.5 Å². The number of imide groups is 1. The summed E-state index contributed by atoms with van der Waals surface area (Å²) in [6, 6.07) is -0.237. The molecule has 0 aliphatic carbocycles. The minimum absolute atomic E-state index is 0.137. The molecule has 6 nitrogen and oxygen atoms in total. The molecule has 3 amide bonds. The second kappa shape index (κ2) is 10.5. The number of ketones is 1. The van der Waals surface area contributed by atoms with Crippen molar-refractivity contribution < 1.29 is 14.4 Å². The first-order chi connectivity index (χ1) is 14.4. The average Bonchev–Trinajstić information content (AvgIpc) is 2.83. The van der Waals surface area contributed by atoms with Crippen LogP contribution >= 0.6 is 0 Å². The van der Waals surface area contributed by atoms with Crippen LogP contribution < -0.4 is 10.6 Å². The van der Waals surface area contributed by atoms with Crippen molar-refractivity contribution in [1.82, 2.24) is 15.5 Å². The van der Waals surface area contributed by atoms with Crippen LogP contribution in [0, 0.1) is 5.92 Å². The third-order valence-electron chi connectivity index (χ3n) is 6.97. The Morgan fingerprint density at radius 3 is 2.06 bits per heavy atom. The van der Waals surface area contributed by atoms with Gasteiger partial charge in [-0.15, -0.1) is 0 Å². The molecule has 2 saturated heterocycles. The quantitative estimate of drug-likeness (QED) is 0.336. The van der Waals surface area contributed by atoms with E-state index < -0.39 is 5.54 Å². The van der Waals surface area contributed by atoms with Gasteiger partial charge in [-0.1, -0.05) is 45.4 Å². The lowest BCUT2D eigenvalue weighted by molar-refractivity contribution is -0.131. The molecule has 0 bridgehead atoms. The summed E-state index contributed by atoms with van der Waals surface area (Å²) in [6.07, 6.45) is 10.8. The molecule has 1 unspecified atom stereocenters. The number of rotatable bonds is 12. The number of piperidine rings is 1. The molecule has 31 heavy (non-hydrogen) atoms. The van der Waals surface area contributed by atoms with Crippen molar-refractivity contribution in [3.8, 4) is 0 Å². The Balaban J connectivity index is 1.82. The van der Waals surface area contributed by atoms with Crippen LogP contribution in [0.1, 0.15) is 112 Å². The van der Waals surface area contributed by atoms with E-state index in [-0.39, 0.29) is 28.9 Å². The minimum Gasteiger partial charge on any atom is -0.310 e. The van der Waals surface area contributed by atoms with Gasteiger partial charge in [0.2, 0.25) is 0 Å². The van der Waals surface area contributed by atoms with E-state index >= 15 is 0 Å². The van der Waals surface area contributed by atoms with Crippen LogP contribution in [0.5, 0.6) is 0 Å². The van der Waals surface area contributed by atoms with E-state index in [1.54, 1.807) is 6.92 Å². The van der Waals surface area contributed by atoms with Gasteiger partial charge in [0, 0.05) is 23.5 Å². The lowest BCUT2D eigenvalue weighted by Gasteiger charge is -2.52. The zero-order valence-electron chi connectivity index (χ0n) is 20.7. The van der Waals surface area contributed by atoms with E-state index in [0.717, 1.165) is 57.8 Å². The molecule has 6 heteroatoms. The fourth-order valence-corrected chi connectivity index (χ4v) is 5.99. The first kappa shape index (κ1) is 25.8. The molecule has 2 aliphatic rings. The van der Waals surface area contributed by atoms with Gasteiger partial charge in [0.25, 0.3) is 5.91 Å². The monoisotopic (exact) mass is 435 g/mol. The second-order valence-corrected chi connectivity index (χ2v) is 11.2. The van der Waals surface area contributed by atoms with E-state index in [2.05, 4.69) is 45.3 Å². The van der Waals surface area contributed by atoms with Gasteiger partial charge in [0.05, 0.1) is 0 Å². The molecule has 0 aromatic heterocycles. The van der Waals surface area contributed by atoms with Crippen molar-refractivity contribution in [3.05, 3.63) is 0 Å². The van der Waals surface area contributed by atoms with Crippen molar-refractivity contribution in [3.63, 3.8) is 0 Å². The largest absolute Gasteiger partial charge is 0.325 e. The molecule has 1 atom stereocenters. The number of carbonyl (C=O) groups is 3. The molecule has 2 rings (SSSR count). The van der Waals surface area contributed by atoms with Crippen molar-refractivity contribution in [2.24, 2.45) is 5.92 Å². The number of nitrogens with zero attached hydrogens (tertiary/aromatic N) is 1. The van der Waals surface area contributed by atoms with E-state index in [9.17, 15) is 14.4 Å². The summed E-state index contributed by atoms with van der Waals surface area (Å²) in [5.41, 5.74) is -1.18. The van der Waals surface area contributed by atoms with Crippen LogP contribution in [0.4, 0.5) is 4.79 Å². The normalized spacial score (nSPS) is 22.6. The highest BCUT2D eigenvalue weighted by Crippen LogP contribution is 2.42. The van der Waals surface area contributed by atoms with E-state index in [1.807, 2.05) is 4.90 Å². The van der Waals surface area contributed by atoms with Crippen LogP contribution in [0.15, 0.2) is 0 Å². The Morgan fingerprint density at radius 2 is 1.48 bits per heavy atom. The number of unbranched alkanes of at least 4 members (excludes halogenated alkanes) is 5. The van der Waals surface area contributed by atoms with Crippen LogP contribution in [-0.2, 0) is 9.59 Å². The lowest BCUT2D eigenvalue weighted by Crippen LogP contribution is -2.69. The molecular formula is C25H45N3O3. The Labute approximate surface area is 189 Å². The summed E-state index contributed by atoms with van der Waals surface area (Å²) >= 11 is 0. The third kappa shape index (κ3) is 6.77. The molecule has 0 aromatic rings. The zero-order chi connectivity index (χ0) is 23.3. The number of amides is 3. The van der Waals surface area contributed by atoms with E-state index in [4.69, 9.17) is 0 Å². The highest BCUT2D eigenvalue weighted by Gasteiger charge is 2.59. The van der Waals surface area contributed by atoms with Crippen LogP contribution in [0.2, 0.25) is 0 Å². The molecule has 2 fully saturated rings. The number of nitrogens with one attached hydrogen (secondary N) is 2. The summed E-state index contributed by atoms with van der Waals surface area (Å²) in [5.74, 6) is 0.421. The maximum Gasteiger partial charge on any atom is 0.325 e. The van der Waals surface area contributed by atoms with Gasteiger partial charge in [-0.05, 0) is 66.7 Å². The lowest BCUT2D eigenvalue weighted by atomic mass is 9.70. The Hall–Kier alpha value is -1.43. The third-order valence-corrected chi connectivity index (χ3v) is 6.97. The fraction of sp³-hybridized carbons (Fsp3) is 0.880. The van der Waals surface area contributed by atoms with Crippen LogP contribution in [0.25, 0.3) is 0 Å². The van der Waals surface area contributed by atoms with Gasteiger partial charge in [0.15, 0.2) is 0 Å². The SMILES string of the molecule is CCCCC(CCCCCCCN1C(=O)NC(=O)C12CC(C)(C)NC(C)(C)C2)C(C)=O. The van der Waals surface area contributed by atoms with E-state index in [1.165, 1.54) is 0 Å². The predicted molar refractivity (Wildman–Crippen MR) is 125 cm³/mol. The van der Waals surface area contributed by atoms with Crippen molar-refractivity contribution in [2.75, 3.05) is 6.54 Å².